The second kappa shape index (κ2) is 8.78. The van der Waals surface area contributed by atoms with E-state index in [1.165, 1.54) is 23.1 Å². The topological polar surface area (TPSA) is 97.9 Å². The van der Waals surface area contributed by atoms with Crippen molar-refractivity contribution in [1.82, 2.24) is 10.2 Å². The van der Waals surface area contributed by atoms with E-state index in [0.29, 0.717) is 17.4 Å². The number of nitrogens with one attached hydrogen (secondary N) is 1. The van der Waals surface area contributed by atoms with Gasteiger partial charge in [0.1, 0.15) is 11.9 Å². The minimum Gasteiger partial charge on any atom is -0.353 e. The minimum absolute atomic E-state index is 0.0112. The zero-order valence-corrected chi connectivity index (χ0v) is 17.0. The maximum atomic E-state index is 13.0. The fourth-order valence-electron chi connectivity index (χ4n) is 4.00. The number of amides is 2. The maximum Gasteiger partial charge on any atom is 0.259 e. The van der Waals surface area contributed by atoms with Crippen LogP contribution in [0.2, 0.25) is 0 Å². The number of benzene rings is 1. The molecule has 1 aromatic carbocycles. The Hall–Kier alpha value is -2.66. The number of thioether (sulfide) groups is 1. The lowest BCUT2D eigenvalue weighted by Crippen LogP contribution is -2.41. The SMILES string of the molecule is N#CCSC1=Nc2ccccc2C2=N[C@H](CCC(=O)NC3CCCCC3)C(=O)N12. The monoisotopic (exact) mass is 409 g/mol. The molecule has 7 nitrogen and oxygen atoms in total. The molecule has 0 bridgehead atoms. The smallest absolute Gasteiger partial charge is 0.259 e. The van der Waals surface area contributed by atoms with Gasteiger partial charge in [-0.2, -0.15) is 5.26 Å². The fourth-order valence-corrected chi connectivity index (χ4v) is 4.66. The number of fused-ring (bicyclic) bond motifs is 3. The predicted molar refractivity (Wildman–Crippen MR) is 113 cm³/mol. The average Bonchev–Trinajstić information content (AvgIpc) is 3.08. The molecule has 0 unspecified atom stereocenters. The third-order valence-electron chi connectivity index (χ3n) is 5.43. The van der Waals surface area contributed by atoms with Gasteiger partial charge >= 0.3 is 0 Å². The minimum atomic E-state index is -0.596. The summed E-state index contributed by atoms with van der Waals surface area (Å²) in [6.07, 6.45) is 6.29. The van der Waals surface area contributed by atoms with Crippen LogP contribution < -0.4 is 5.32 Å². The molecule has 0 aromatic heterocycles. The highest BCUT2D eigenvalue weighted by Crippen LogP contribution is 2.34. The van der Waals surface area contributed by atoms with Crippen LogP contribution in [0.4, 0.5) is 5.69 Å². The highest BCUT2D eigenvalue weighted by atomic mass is 32.2. The Balaban J connectivity index is 1.46. The van der Waals surface area contributed by atoms with Crippen molar-refractivity contribution in [2.45, 2.75) is 57.0 Å². The van der Waals surface area contributed by atoms with E-state index in [1.54, 1.807) is 0 Å². The second-order valence-corrected chi connectivity index (χ2v) is 8.38. The normalized spacial score (nSPS) is 21.0. The van der Waals surface area contributed by atoms with E-state index in [0.717, 1.165) is 36.9 Å². The first-order valence-corrected chi connectivity index (χ1v) is 11.0. The molecule has 1 aromatic rings. The molecule has 29 heavy (non-hydrogen) atoms. The van der Waals surface area contributed by atoms with Crippen molar-refractivity contribution in [3.8, 4) is 6.07 Å². The van der Waals surface area contributed by atoms with Crippen LogP contribution in [0, 0.1) is 11.3 Å². The summed E-state index contributed by atoms with van der Waals surface area (Å²) in [4.78, 5) is 36.1. The number of carbonyl (C=O) groups excluding carboxylic acids is 2. The molecule has 0 spiro atoms. The van der Waals surface area contributed by atoms with Gasteiger partial charge in [-0.3, -0.25) is 14.6 Å². The van der Waals surface area contributed by atoms with Crippen LogP contribution in [-0.2, 0) is 9.59 Å². The second-order valence-electron chi connectivity index (χ2n) is 7.44. The highest BCUT2D eigenvalue weighted by molar-refractivity contribution is 8.14. The lowest BCUT2D eigenvalue weighted by atomic mass is 9.95. The molecule has 150 valence electrons. The van der Waals surface area contributed by atoms with E-state index in [2.05, 4.69) is 21.4 Å². The quantitative estimate of drug-likeness (QED) is 0.808. The third-order valence-corrected chi connectivity index (χ3v) is 6.23. The van der Waals surface area contributed by atoms with Gasteiger partial charge < -0.3 is 5.32 Å². The van der Waals surface area contributed by atoms with Gasteiger partial charge in [0.05, 0.1) is 17.5 Å². The Morgan fingerprint density at radius 3 is 2.86 bits per heavy atom. The summed E-state index contributed by atoms with van der Waals surface area (Å²) in [7, 11) is 0. The zero-order valence-electron chi connectivity index (χ0n) is 16.1. The van der Waals surface area contributed by atoms with Crippen molar-refractivity contribution in [1.29, 1.82) is 5.26 Å². The van der Waals surface area contributed by atoms with Gasteiger partial charge in [-0.15, -0.1) is 0 Å². The van der Waals surface area contributed by atoms with Gasteiger partial charge in [-0.25, -0.2) is 9.89 Å². The van der Waals surface area contributed by atoms with Crippen molar-refractivity contribution in [3.63, 3.8) is 0 Å². The molecule has 2 amide bonds. The van der Waals surface area contributed by atoms with Gasteiger partial charge in [-0.05, 0) is 31.4 Å². The van der Waals surface area contributed by atoms with E-state index >= 15 is 0 Å². The summed E-state index contributed by atoms with van der Waals surface area (Å²) >= 11 is 1.22. The maximum absolute atomic E-state index is 13.0. The van der Waals surface area contributed by atoms with Crippen LogP contribution in [0.5, 0.6) is 0 Å². The number of nitriles is 1. The molecule has 2 heterocycles. The van der Waals surface area contributed by atoms with Gasteiger partial charge in [-0.1, -0.05) is 43.2 Å². The number of aliphatic imine (C=N–C) groups is 2. The van der Waals surface area contributed by atoms with Crippen LogP contribution in [0.25, 0.3) is 0 Å². The summed E-state index contributed by atoms with van der Waals surface area (Å²) in [6.45, 7) is 0. The Labute approximate surface area is 174 Å². The first-order valence-electron chi connectivity index (χ1n) is 10.1. The molecule has 8 heteroatoms. The van der Waals surface area contributed by atoms with Crippen LogP contribution in [0.1, 0.15) is 50.5 Å². The molecule has 1 saturated carbocycles. The number of hydrogen-bond donors (Lipinski definition) is 1. The fraction of sp³-hybridized carbons (Fsp3) is 0.476. The average molecular weight is 410 g/mol. The zero-order chi connectivity index (χ0) is 20.2. The molecule has 1 atom stereocenters. The van der Waals surface area contributed by atoms with Gasteiger partial charge in [0.15, 0.2) is 5.17 Å². The molecule has 1 N–H and O–H groups in total. The van der Waals surface area contributed by atoms with E-state index in [9.17, 15) is 9.59 Å². The van der Waals surface area contributed by atoms with Gasteiger partial charge in [0, 0.05) is 18.0 Å². The molecule has 1 fully saturated rings. The molecule has 2 aliphatic heterocycles. The van der Waals surface area contributed by atoms with E-state index in [-0.39, 0.29) is 30.0 Å². The van der Waals surface area contributed by atoms with Crippen molar-refractivity contribution >= 4 is 40.3 Å². The number of hydrogen-bond acceptors (Lipinski definition) is 6. The van der Waals surface area contributed by atoms with E-state index < -0.39 is 6.04 Å². The Morgan fingerprint density at radius 1 is 1.28 bits per heavy atom. The molecule has 4 rings (SSSR count). The number of amidine groups is 2. The molecule has 3 aliphatic rings. The van der Waals surface area contributed by atoms with Gasteiger partial charge in [0.2, 0.25) is 5.91 Å². The van der Waals surface area contributed by atoms with E-state index in [1.807, 2.05) is 24.3 Å². The Bertz CT molecular complexity index is 914. The standard InChI is InChI=1S/C21H23N5O2S/c22-12-13-29-21-25-16-9-5-4-8-15(16)19-24-17(20(28)26(19)21)10-11-18(27)23-14-6-2-1-3-7-14/h4-5,8-9,14,17H,1-3,6-7,10-11,13H2,(H,23,27)/t17-/m1/s1. The first kappa shape index (κ1) is 19.6. The largest absolute Gasteiger partial charge is 0.353 e. The van der Waals surface area contributed by atoms with Crippen LogP contribution >= 0.6 is 11.8 Å². The molecule has 0 radical (unpaired) electrons. The predicted octanol–water partition coefficient (Wildman–Crippen LogP) is 3.13. The van der Waals surface area contributed by atoms with Crippen molar-refractivity contribution in [3.05, 3.63) is 29.8 Å². The summed E-state index contributed by atoms with van der Waals surface area (Å²) in [5.74, 6) is 0.581. The number of rotatable bonds is 5. The van der Waals surface area contributed by atoms with Gasteiger partial charge in [0.25, 0.3) is 5.91 Å². The summed E-state index contributed by atoms with van der Waals surface area (Å²) < 4.78 is 0. The molecular formula is C21H23N5O2S. The van der Waals surface area contributed by atoms with Crippen LogP contribution in [0.15, 0.2) is 34.3 Å². The molecular weight excluding hydrogens is 386 g/mol. The Morgan fingerprint density at radius 2 is 2.07 bits per heavy atom. The molecule has 0 saturated heterocycles. The van der Waals surface area contributed by atoms with Crippen LogP contribution in [-0.4, -0.2) is 45.6 Å². The first-order chi connectivity index (χ1) is 14.2. The lowest BCUT2D eigenvalue weighted by molar-refractivity contribution is -0.125. The molecule has 1 aliphatic carbocycles. The van der Waals surface area contributed by atoms with Crippen molar-refractivity contribution in [2.24, 2.45) is 9.98 Å². The lowest BCUT2D eigenvalue weighted by Gasteiger charge is -2.25. The third kappa shape index (κ3) is 4.20. The number of para-hydroxylation sites is 1. The van der Waals surface area contributed by atoms with Crippen molar-refractivity contribution < 1.29 is 9.59 Å². The summed E-state index contributed by atoms with van der Waals surface area (Å²) in [5, 5.41) is 12.5. The number of nitrogens with zero attached hydrogens (tertiary/aromatic N) is 4. The van der Waals surface area contributed by atoms with E-state index in [4.69, 9.17) is 5.26 Å². The number of carbonyl (C=O) groups is 2. The highest BCUT2D eigenvalue weighted by Gasteiger charge is 2.41. The summed E-state index contributed by atoms with van der Waals surface area (Å²) in [6, 6.07) is 9.28. The summed E-state index contributed by atoms with van der Waals surface area (Å²) in [5.41, 5.74) is 1.54. The van der Waals surface area contributed by atoms with Crippen LogP contribution in [0.3, 0.4) is 0 Å². The van der Waals surface area contributed by atoms with Crippen molar-refractivity contribution in [2.75, 3.05) is 5.75 Å². The Kier molecular flexibility index (Phi) is 5.95.